The second-order valence-electron chi connectivity index (χ2n) is 5.02. The molecule has 1 rings (SSSR count). The quantitative estimate of drug-likeness (QED) is 0.761. The number of carbonyl (C=O) groups excluding carboxylic acids is 1. The van der Waals surface area contributed by atoms with E-state index in [-0.39, 0.29) is 11.9 Å². The number of nitrogens with two attached hydrogens (primary N) is 1. The summed E-state index contributed by atoms with van der Waals surface area (Å²) in [5.74, 6) is 0.462. The van der Waals surface area contributed by atoms with Crippen LogP contribution in [-0.2, 0) is 4.79 Å². The van der Waals surface area contributed by atoms with Gasteiger partial charge in [0.25, 0.3) is 0 Å². The van der Waals surface area contributed by atoms with Gasteiger partial charge in [0.2, 0.25) is 5.91 Å². The van der Waals surface area contributed by atoms with E-state index in [0.29, 0.717) is 6.42 Å². The highest BCUT2D eigenvalue weighted by Crippen LogP contribution is 2.28. The first kappa shape index (κ1) is 16.3. The largest absolute Gasteiger partial charge is 0.368 e. The summed E-state index contributed by atoms with van der Waals surface area (Å²) in [6, 6.07) is 7.91. The van der Waals surface area contributed by atoms with Crippen molar-refractivity contribution in [1.82, 2.24) is 5.32 Å². The molecule has 1 aromatic rings. The maximum Gasteiger partial charge on any atom is 0.237 e. The summed E-state index contributed by atoms with van der Waals surface area (Å²) in [5, 5.41) is 3.98. The topological polar surface area (TPSA) is 55.1 Å². The Balaban J connectivity index is 2.58. The van der Waals surface area contributed by atoms with Gasteiger partial charge in [0, 0.05) is 16.7 Å². The number of carbonyl (C=O) groups is 1. The van der Waals surface area contributed by atoms with Gasteiger partial charge in [-0.15, -0.1) is 11.8 Å². The first-order chi connectivity index (χ1) is 8.85. The summed E-state index contributed by atoms with van der Waals surface area (Å²) in [4.78, 5) is 12.6. The van der Waals surface area contributed by atoms with Crippen molar-refractivity contribution in [1.29, 1.82) is 0 Å². The molecule has 0 fully saturated rings. The molecule has 0 radical (unpaired) electrons. The molecule has 0 saturated heterocycles. The Morgan fingerprint density at radius 2 is 2.11 bits per heavy atom. The lowest BCUT2D eigenvalue weighted by Gasteiger charge is -2.29. The third-order valence-electron chi connectivity index (χ3n) is 2.85. The molecule has 1 unspecified atom stereocenters. The molecule has 5 heteroatoms. The van der Waals surface area contributed by atoms with Gasteiger partial charge in [0.15, 0.2) is 0 Å². The van der Waals surface area contributed by atoms with E-state index in [4.69, 9.17) is 17.3 Å². The van der Waals surface area contributed by atoms with Crippen molar-refractivity contribution in [2.45, 2.75) is 43.7 Å². The van der Waals surface area contributed by atoms with E-state index in [1.165, 1.54) is 0 Å². The molecule has 106 valence electrons. The smallest absolute Gasteiger partial charge is 0.237 e. The Labute approximate surface area is 124 Å². The zero-order chi connectivity index (χ0) is 14.5. The fourth-order valence-electron chi connectivity index (χ4n) is 1.83. The SMILES string of the molecule is CC(C)NC(C)(CCSc1ccccc1Cl)C(N)=O. The molecule has 3 N–H and O–H groups in total. The van der Waals surface area contributed by atoms with Crippen LogP contribution in [0.25, 0.3) is 0 Å². The third kappa shape index (κ3) is 5.05. The molecule has 1 atom stereocenters. The van der Waals surface area contributed by atoms with E-state index >= 15 is 0 Å². The predicted octanol–water partition coefficient (Wildman–Crippen LogP) is 3.06. The van der Waals surface area contributed by atoms with Crippen LogP contribution in [0.1, 0.15) is 27.2 Å². The van der Waals surface area contributed by atoms with Gasteiger partial charge < -0.3 is 11.1 Å². The second kappa shape index (κ2) is 7.17. The number of amides is 1. The Hall–Kier alpha value is -0.710. The molecular formula is C14H21ClN2OS. The van der Waals surface area contributed by atoms with E-state index in [1.54, 1.807) is 11.8 Å². The van der Waals surface area contributed by atoms with Gasteiger partial charge in [0.1, 0.15) is 0 Å². The molecule has 0 saturated carbocycles. The minimum atomic E-state index is -0.678. The van der Waals surface area contributed by atoms with Gasteiger partial charge in [-0.25, -0.2) is 0 Å². The highest BCUT2D eigenvalue weighted by atomic mass is 35.5. The van der Waals surface area contributed by atoms with Crippen LogP contribution in [0.4, 0.5) is 0 Å². The van der Waals surface area contributed by atoms with Gasteiger partial charge >= 0.3 is 0 Å². The van der Waals surface area contributed by atoms with Crippen molar-refractivity contribution in [3.8, 4) is 0 Å². The lowest BCUT2D eigenvalue weighted by atomic mass is 9.97. The molecule has 3 nitrogen and oxygen atoms in total. The maximum atomic E-state index is 11.6. The Kier molecular flexibility index (Phi) is 6.17. The molecule has 1 aromatic carbocycles. The number of nitrogens with one attached hydrogen (secondary N) is 1. The Morgan fingerprint density at radius 3 is 2.63 bits per heavy atom. The molecule has 0 aliphatic heterocycles. The summed E-state index contributed by atoms with van der Waals surface area (Å²) in [6.07, 6.45) is 0.663. The zero-order valence-corrected chi connectivity index (χ0v) is 13.1. The molecule has 0 heterocycles. The van der Waals surface area contributed by atoms with Crippen molar-refractivity contribution >= 4 is 29.3 Å². The third-order valence-corrected chi connectivity index (χ3v) is 4.36. The monoisotopic (exact) mass is 300 g/mol. The minimum absolute atomic E-state index is 0.211. The number of thioether (sulfide) groups is 1. The van der Waals surface area contributed by atoms with Crippen LogP contribution in [0.15, 0.2) is 29.2 Å². The number of hydrogen-bond donors (Lipinski definition) is 2. The average molecular weight is 301 g/mol. The van der Waals surface area contributed by atoms with Crippen molar-refractivity contribution in [3.63, 3.8) is 0 Å². The van der Waals surface area contributed by atoms with Crippen LogP contribution >= 0.6 is 23.4 Å². The summed E-state index contributed by atoms with van der Waals surface area (Å²) in [6.45, 7) is 5.85. The molecular weight excluding hydrogens is 280 g/mol. The number of rotatable bonds is 7. The van der Waals surface area contributed by atoms with E-state index in [1.807, 2.05) is 45.0 Å². The van der Waals surface area contributed by atoms with Gasteiger partial charge in [-0.1, -0.05) is 23.7 Å². The standard InChI is InChI=1S/C14H21ClN2OS/c1-10(2)17-14(3,13(16)18)8-9-19-12-7-5-4-6-11(12)15/h4-7,10,17H,8-9H2,1-3H3,(H2,16,18). The van der Waals surface area contributed by atoms with Crippen LogP contribution in [0.3, 0.4) is 0 Å². The fourth-order valence-corrected chi connectivity index (χ4v) is 3.24. The second-order valence-corrected chi connectivity index (χ2v) is 6.57. The lowest BCUT2D eigenvalue weighted by Crippen LogP contribution is -2.55. The summed E-state index contributed by atoms with van der Waals surface area (Å²) >= 11 is 7.73. The van der Waals surface area contributed by atoms with Crippen LogP contribution in [0, 0.1) is 0 Å². The average Bonchev–Trinajstić information content (AvgIpc) is 2.30. The van der Waals surface area contributed by atoms with Crippen molar-refractivity contribution in [2.75, 3.05) is 5.75 Å². The molecule has 19 heavy (non-hydrogen) atoms. The van der Waals surface area contributed by atoms with Crippen LogP contribution in [-0.4, -0.2) is 23.2 Å². The lowest BCUT2D eigenvalue weighted by molar-refractivity contribution is -0.124. The van der Waals surface area contributed by atoms with E-state index in [0.717, 1.165) is 15.7 Å². The number of hydrogen-bond acceptors (Lipinski definition) is 3. The van der Waals surface area contributed by atoms with Crippen LogP contribution in [0.2, 0.25) is 5.02 Å². The number of primary amides is 1. The van der Waals surface area contributed by atoms with Crippen molar-refractivity contribution in [3.05, 3.63) is 29.3 Å². The minimum Gasteiger partial charge on any atom is -0.368 e. The van der Waals surface area contributed by atoms with Gasteiger partial charge in [0.05, 0.1) is 10.6 Å². The summed E-state index contributed by atoms with van der Waals surface area (Å²) in [5.41, 5.74) is 4.81. The maximum absolute atomic E-state index is 11.6. The molecule has 0 bridgehead atoms. The zero-order valence-electron chi connectivity index (χ0n) is 11.6. The van der Waals surface area contributed by atoms with Crippen molar-refractivity contribution in [2.24, 2.45) is 5.73 Å². The van der Waals surface area contributed by atoms with Gasteiger partial charge in [-0.05, 0) is 39.3 Å². The molecule has 0 aromatic heterocycles. The van der Waals surface area contributed by atoms with E-state index < -0.39 is 5.54 Å². The highest BCUT2D eigenvalue weighted by Gasteiger charge is 2.30. The molecule has 0 aliphatic carbocycles. The highest BCUT2D eigenvalue weighted by molar-refractivity contribution is 7.99. The fraction of sp³-hybridized carbons (Fsp3) is 0.500. The van der Waals surface area contributed by atoms with Crippen molar-refractivity contribution < 1.29 is 4.79 Å². The molecule has 0 aliphatic rings. The van der Waals surface area contributed by atoms with E-state index in [9.17, 15) is 4.79 Å². The normalized spacial score (nSPS) is 14.4. The summed E-state index contributed by atoms with van der Waals surface area (Å²) in [7, 11) is 0. The van der Waals surface area contributed by atoms with Crippen LogP contribution in [0.5, 0.6) is 0 Å². The molecule has 0 spiro atoms. The van der Waals surface area contributed by atoms with E-state index in [2.05, 4.69) is 5.32 Å². The predicted molar refractivity (Wildman–Crippen MR) is 82.7 cm³/mol. The Bertz CT molecular complexity index is 439. The first-order valence-corrected chi connectivity index (χ1v) is 7.66. The number of halogens is 1. The van der Waals surface area contributed by atoms with Crippen LogP contribution < -0.4 is 11.1 Å². The number of benzene rings is 1. The summed E-state index contributed by atoms with van der Waals surface area (Å²) < 4.78 is 0. The molecule has 1 amide bonds. The Morgan fingerprint density at radius 1 is 1.47 bits per heavy atom. The first-order valence-electron chi connectivity index (χ1n) is 6.30. The van der Waals surface area contributed by atoms with Gasteiger partial charge in [-0.3, -0.25) is 4.79 Å². The van der Waals surface area contributed by atoms with Gasteiger partial charge in [-0.2, -0.15) is 0 Å².